The molecule has 36 heavy (non-hydrogen) atoms. The Balaban J connectivity index is 1.79. The first-order valence-electron chi connectivity index (χ1n) is 12.7. The first kappa shape index (κ1) is 25.6. The smallest absolute Gasteiger partial charge is 0.251 e. The molecule has 2 aliphatic rings. The van der Waals surface area contributed by atoms with Crippen molar-refractivity contribution >= 4 is 17.5 Å². The van der Waals surface area contributed by atoms with E-state index in [1.807, 2.05) is 30.5 Å². The number of benzene rings is 1. The highest BCUT2D eigenvalue weighted by molar-refractivity contribution is 6.04. The number of nitrogens with one attached hydrogen (secondary N) is 1. The van der Waals surface area contributed by atoms with Gasteiger partial charge in [0.25, 0.3) is 5.91 Å². The molecular formula is C28H35N5O3. The van der Waals surface area contributed by atoms with Gasteiger partial charge < -0.3 is 10.4 Å². The van der Waals surface area contributed by atoms with Crippen molar-refractivity contribution in [2.45, 2.75) is 82.5 Å². The highest BCUT2D eigenvalue weighted by Gasteiger charge is 2.43. The van der Waals surface area contributed by atoms with Crippen LogP contribution in [0.5, 0.6) is 0 Å². The summed E-state index contributed by atoms with van der Waals surface area (Å²) in [6.07, 6.45) is 8.58. The molecule has 3 atom stereocenters. The van der Waals surface area contributed by atoms with Gasteiger partial charge >= 0.3 is 0 Å². The number of hydrogen-bond donors (Lipinski definition) is 2. The minimum atomic E-state index is -0.967. The number of carbonyl (C=O) groups excluding carboxylic acids is 2. The summed E-state index contributed by atoms with van der Waals surface area (Å²) in [5.41, 5.74) is 2.16. The van der Waals surface area contributed by atoms with Crippen LogP contribution in [0.2, 0.25) is 0 Å². The minimum Gasteiger partial charge on any atom is -0.391 e. The Morgan fingerprint density at radius 3 is 2.47 bits per heavy atom. The lowest BCUT2D eigenvalue weighted by Crippen LogP contribution is -2.51. The van der Waals surface area contributed by atoms with Gasteiger partial charge in [0, 0.05) is 36.1 Å². The van der Waals surface area contributed by atoms with Crippen molar-refractivity contribution < 1.29 is 14.7 Å². The molecule has 1 aromatic heterocycles. The maximum Gasteiger partial charge on any atom is 0.251 e. The second kappa shape index (κ2) is 10.7. The zero-order valence-electron chi connectivity index (χ0n) is 21.2. The number of nitriles is 1. The Morgan fingerprint density at radius 1 is 1.19 bits per heavy atom. The van der Waals surface area contributed by atoms with Gasteiger partial charge in [-0.05, 0) is 42.0 Å². The van der Waals surface area contributed by atoms with Crippen LogP contribution in [0.3, 0.4) is 0 Å². The van der Waals surface area contributed by atoms with Crippen LogP contribution in [0.25, 0.3) is 0 Å². The van der Waals surface area contributed by atoms with E-state index in [0.717, 1.165) is 31.2 Å². The van der Waals surface area contributed by atoms with Gasteiger partial charge in [0.1, 0.15) is 12.1 Å². The van der Waals surface area contributed by atoms with Gasteiger partial charge in [-0.15, -0.1) is 0 Å². The predicted molar refractivity (Wildman–Crippen MR) is 137 cm³/mol. The van der Waals surface area contributed by atoms with Crippen molar-refractivity contribution in [3.05, 3.63) is 59.9 Å². The van der Waals surface area contributed by atoms with Crippen LogP contribution in [0.15, 0.2) is 48.8 Å². The van der Waals surface area contributed by atoms with Crippen molar-refractivity contribution in [1.29, 1.82) is 5.26 Å². The van der Waals surface area contributed by atoms with Crippen molar-refractivity contribution in [2.75, 3.05) is 11.4 Å². The summed E-state index contributed by atoms with van der Waals surface area (Å²) in [6, 6.07) is 9.43. The number of aliphatic hydroxyl groups is 1. The highest BCUT2D eigenvalue weighted by Crippen LogP contribution is 2.33. The van der Waals surface area contributed by atoms with Crippen LogP contribution in [-0.2, 0) is 15.0 Å². The second-order valence-electron chi connectivity index (χ2n) is 10.8. The fourth-order valence-corrected chi connectivity index (χ4v) is 5.15. The molecule has 1 aromatic carbocycles. The largest absolute Gasteiger partial charge is 0.391 e. The van der Waals surface area contributed by atoms with E-state index in [1.54, 1.807) is 24.5 Å². The summed E-state index contributed by atoms with van der Waals surface area (Å²) < 4.78 is 0. The van der Waals surface area contributed by atoms with Crippen LogP contribution in [0.4, 0.5) is 5.69 Å². The van der Waals surface area contributed by atoms with Crippen molar-refractivity contribution in [3.63, 3.8) is 0 Å². The van der Waals surface area contributed by atoms with Crippen LogP contribution < -0.4 is 10.2 Å². The lowest BCUT2D eigenvalue weighted by Gasteiger charge is -2.35. The molecule has 4 rings (SSSR count). The molecule has 2 amide bonds. The van der Waals surface area contributed by atoms with E-state index in [4.69, 9.17) is 0 Å². The molecule has 2 heterocycles. The predicted octanol–water partition coefficient (Wildman–Crippen LogP) is 3.43. The molecule has 0 bridgehead atoms. The molecule has 8 nitrogen and oxygen atoms in total. The lowest BCUT2D eigenvalue weighted by molar-refractivity contribution is -0.128. The molecule has 1 aliphatic heterocycles. The SMILES string of the molecule is CC(C)(C)c1ccc(N(C(=O)C2CC(O)CN2C#N)C(C(=O)NC2CCCC2)c2cccnc2)cc1. The van der Waals surface area contributed by atoms with E-state index in [1.165, 1.54) is 9.80 Å². The molecule has 2 aromatic rings. The van der Waals surface area contributed by atoms with E-state index in [9.17, 15) is 20.0 Å². The fourth-order valence-electron chi connectivity index (χ4n) is 5.15. The number of pyridine rings is 1. The van der Waals surface area contributed by atoms with Crippen molar-refractivity contribution in [1.82, 2.24) is 15.2 Å². The molecule has 2 fully saturated rings. The summed E-state index contributed by atoms with van der Waals surface area (Å²) in [5, 5.41) is 23.0. The number of rotatable bonds is 6. The molecule has 0 spiro atoms. The number of aromatic nitrogens is 1. The monoisotopic (exact) mass is 489 g/mol. The van der Waals surface area contributed by atoms with Gasteiger partial charge in [0.05, 0.1) is 12.6 Å². The molecular weight excluding hydrogens is 454 g/mol. The van der Waals surface area contributed by atoms with Crippen molar-refractivity contribution in [3.8, 4) is 6.19 Å². The first-order valence-corrected chi connectivity index (χ1v) is 12.7. The Hall–Kier alpha value is -3.44. The van der Waals surface area contributed by atoms with Gasteiger partial charge in [-0.2, -0.15) is 5.26 Å². The van der Waals surface area contributed by atoms with Gasteiger partial charge in [0.15, 0.2) is 6.19 Å². The highest BCUT2D eigenvalue weighted by atomic mass is 16.3. The van der Waals surface area contributed by atoms with Crippen LogP contribution in [0, 0.1) is 11.5 Å². The van der Waals surface area contributed by atoms with Gasteiger partial charge in [-0.3, -0.25) is 24.4 Å². The second-order valence-corrected chi connectivity index (χ2v) is 10.8. The number of hydrogen-bond acceptors (Lipinski definition) is 6. The number of β-amino-alcohol motifs (C(OH)–C–C–N with tert-alkyl or cyclic N) is 1. The zero-order chi connectivity index (χ0) is 25.9. The average Bonchev–Trinajstić information content (AvgIpc) is 3.51. The third kappa shape index (κ3) is 5.52. The van der Waals surface area contributed by atoms with Crippen LogP contribution in [0.1, 0.15) is 70.0 Å². The fraction of sp³-hybridized carbons (Fsp3) is 0.500. The number of nitrogens with zero attached hydrogens (tertiary/aromatic N) is 4. The van der Waals surface area contributed by atoms with E-state index >= 15 is 0 Å². The number of carbonyl (C=O) groups is 2. The zero-order valence-corrected chi connectivity index (χ0v) is 21.2. The number of anilines is 1. The maximum absolute atomic E-state index is 14.1. The average molecular weight is 490 g/mol. The molecule has 3 unspecified atom stereocenters. The molecule has 2 N–H and O–H groups in total. The number of amides is 2. The Bertz CT molecular complexity index is 1100. The molecule has 1 aliphatic carbocycles. The third-order valence-corrected chi connectivity index (χ3v) is 7.15. The van der Waals surface area contributed by atoms with Crippen LogP contribution in [-0.4, -0.2) is 51.5 Å². The standard InChI is InChI=1S/C28H35N5O3/c1-28(2,3)20-10-12-22(13-11-20)33(27(36)24-15-23(34)17-32(24)18-29)25(19-7-6-14-30-16-19)26(35)31-21-8-4-5-9-21/h6-7,10-14,16,21,23-25,34H,4-5,8-9,15,17H2,1-3H3,(H,31,35). The Morgan fingerprint density at radius 2 is 1.89 bits per heavy atom. The van der Waals surface area contributed by atoms with Crippen molar-refractivity contribution in [2.24, 2.45) is 0 Å². The number of likely N-dealkylation sites (tertiary alicyclic amines) is 1. The quantitative estimate of drug-likeness (QED) is 0.602. The first-order chi connectivity index (χ1) is 17.2. The Labute approximate surface area is 212 Å². The maximum atomic E-state index is 14.1. The summed E-state index contributed by atoms with van der Waals surface area (Å²) in [5.74, 6) is -0.669. The molecule has 0 radical (unpaired) electrons. The molecule has 8 heteroatoms. The van der Waals surface area contributed by atoms with E-state index in [0.29, 0.717) is 11.3 Å². The summed E-state index contributed by atoms with van der Waals surface area (Å²) in [7, 11) is 0. The van der Waals surface area contributed by atoms with E-state index < -0.39 is 24.1 Å². The normalized spacial score (nSPS) is 21.1. The summed E-state index contributed by atoms with van der Waals surface area (Å²) in [6.45, 7) is 6.44. The topological polar surface area (TPSA) is 110 Å². The number of aliphatic hydroxyl groups excluding tert-OH is 1. The summed E-state index contributed by atoms with van der Waals surface area (Å²) >= 11 is 0. The van der Waals surface area contributed by atoms with Crippen LogP contribution >= 0.6 is 0 Å². The lowest BCUT2D eigenvalue weighted by atomic mass is 9.87. The van der Waals surface area contributed by atoms with Gasteiger partial charge in [-0.1, -0.05) is 51.8 Å². The van der Waals surface area contributed by atoms with Gasteiger partial charge in [0.2, 0.25) is 5.91 Å². The molecule has 1 saturated heterocycles. The van der Waals surface area contributed by atoms with E-state index in [-0.39, 0.29) is 30.3 Å². The summed E-state index contributed by atoms with van der Waals surface area (Å²) in [4.78, 5) is 34.9. The Kier molecular flexibility index (Phi) is 7.60. The van der Waals surface area contributed by atoms with E-state index in [2.05, 4.69) is 31.1 Å². The third-order valence-electron chi connectivity index (χ3n) is 7.15. The molecule has 1 saturated carbocycles. The molecule has 190 valence electrons. The van der Waals surface area contributed by atoms with Gasteiger partial charge in [-0.25, -0.2) is 0 Å². The minimum absolute atomic E-state index is 0.0702.